The van der Waals surface area contributed by atoms with E-state index in [1.807, 2.05) is 19.2 Å². The highest BCUT2D eigenvalue weighted by molar-refractivity contribution is 5.91. The van der Waals surface area contributed by atoms with Crippen molar-refractivity contribution < 1.29 is 0 Å². The molecular formula is C17H20N4. The van der Waals surface area contributed by atoms with Crippen molar-refractivity contribution in [2.45, 2.75) is 26.7 Å². The SMILES string of the molecule is Cc1cc(NCCCc2cn[nH]c2C)c2ccccc2n1. The second-order valence-corrected chi connectivity index (χ2v) is 5.38. The molecule has 21 heavy (non-hydrogen) atoms. The third-order valence-corrected chi connectivity index (χ3v) is 3.72. The summed E-state index contributed by atoms with van der Waals surface area (Å²) in [6, 6.07) is 10.4. The number of fused-ring (bicyclic) bond motifs is 1. The minimum atomic E-state index is 0.943. The molecule has 4 nitrogen and oxygen atoms in total. The average Bonchev–Trinajstić information content (AvgIpc) is 2.88. The third kappa shape index (κ3) is 3.05. The Labute approximate surface area is 124 Å². The Hall–Kier alpha value is -2.36. The van der Waals surface area contributed by atoms with Gasteiger partial charge in [0.15, 0.2) is 0 Å². The molecule has 1 aromatic carbocycles. The summed E-state index contributed by atoms with van der Waals surface area (Å²) in [4.78, 5) is 4.56. The minimum absolute atomic E-state index is 0.943. The summed E-state index contributed by atoms with van der Waals surface area (Å²) in [5, 5.41) is 11.8. The first kappa shape index (κ1) is 13.6. The number of rotatable bonds is 5. The predicted octanol–water partition coefficient (Wildman–Crippen LogP) is 3.62. The molecule has 108 valence electrons. The molecule has 0 saturated carbocycles. The maximum absolute atomic E-state index is 4.56. The molecule has 0 atom stereocenters. The van der Waals surface area contributed by atoms with Gasteiger partial charge < -0.3 is 5.32 Å². The molecule has 3 rings (SSSR count). The molecule has 2 aromatic heterocycles. The van der Waals surface area contributed by atoms with Crippen molar-refractivity contribution >= 4 is 16.6 Å². The zero-order valence-electron chi connectivity index (χ0n) is 12.5. The fraction of sp³-hybridized carbons (Fsp3) is 0.294. The Bertz CT molecular complexity index is 745. The van der Waals surface area contributed by atoms with E-state index in [1.54, 1.807) is 0 Å². The number of aromatic nitrogens is 3. The van der Waals surface area contributed by atoms with Crippen LogP contribution in [0.5, 0.6) is 0 Å². The van der Waals surface area contributed by atoms with Crippen LogP contribution in [0.4, 0.5) is 5.69 Å². The van der Waals surface area contributed by atoms with E-state index in [4.69, 9.17) is 0 Å². The van der Waals surface area contributed by atoms with E-state index in [1.165, 1.54) is 22.3 Å². The van der Waals surface area contributed by atoms with E-state index in [9.17, 15) is 0 Å². The van der Waals surface area contributed by atoms with Gasteiger partial charge in [0.25, 0.3) is 0 Å². The Balaban J connectivity index is 1.67. The van der Waals surface area contributed by atoms with E-state index < -0.39 is 0 Å². The lowest BCUT2D eigenvalue weighted by atomic mass is 10.1. The standard InChI is InChI=1S/C17H20N4/c1-12-10-17(15-7-3-4-8-16(15)20-12)18-9-5-6-14-11-19-21-13(14)2/h3-4,7-8,10-11H,5-6,9H2,1-2H3,(H,18,20)(H,19,21). The molecule has 2 N–H and O–H groups in total. The van der Waals surface area contributed by atoms with Crippen LogP contribution in [0.3, 0.4) is 0 Å². The second kappa shape index (κ2) is 5.95. The van der Waals surface area contributed by atoms with Gasteiger partial charge in [-0.3, -0.25) is 10.1 Å². The van der Waals surface area contributed by atoms with Crippen LogP contribution >= 0.6 is 0 Å². The van der Waals surface area contributed by atoms with Crippen LogP contribution in [-0.2, 0) is 6.42 Å². The number of H-pyrrole nitrogens is 1. The lowest BCUT2D eigenvalue weighted by Gasteiger charge is -2.10. The maximum Gasteiger partial charge on any atom is 0.0725 e. The van der Waals surface area contributed by atoms with E-state index >= 15 is 0 Å². The fourth-order valence-corrected chi connectivity index (χ4v) is 2.58. The summed E-state index contributed by atoms with van der Waals surface area (Å²) in [5.74, 6) is 0. The number of pyridine rings is 1. The number of anilines is 1. The molecule has 0 bridgehead atoms. The summed E-state index contributed by atoms with van der Waals surface area (Å²) in [7, 11) is 0. The van der Waals surface area contributed by atoms with Gasteiger partial charge in [-0.1, -0.05) is 18.2 Å². The molecule has 0 spiro atoms. The molecule has 0 aliphatic carbocycles. The van der Waals surface area contributed by atoms with Crippen molar-refractivity contribution in [3.63, 3.8) is 0 Å². The smallest absolute Gasteiger partial charge is 0.0725 e. The first-order chi connectivity index (χ1) is 10.2. The topological polar surface area (TPSA) is 53.6 Å². The molecule has 4 heteroatoms. The molecule has 0 aliphatic rings. The molecule has 0 radical (unpaired) electrons. The highest BCUT2D eigenvalue weighted by atomic mass is 15.1. The van der Waals surface area contributed by atoms with Gasteiger partial charge in [-0.15, -0.1) is 0 Å². The zero-order chi connectivity index (χ0) is 14.7. The van der Waals surface area contributed by atoms with E-state index in [0.717, 1.165) is 30.6 Å². The van der Waals surface area contributed by atoms with Gasteiger partial charge in [-0.25, -0.2) is 0 Å². The van der Waals surface area contributed by atoms with Crippen molar-refractivity contribution in [1.82, 2.24) is 15.2 Å². The van der Waals surface area contributed by atoms with Crippen LogP contribution < -0.4 is 5.32 Å². The average molecular weight is 280 g/mol. The molecule has 2 heterocycles. The number of aromatic amines is 1. The Morgan fingerprint density at radius 3 is 2.86 bits per heavy atom. The van der Waals surface area contributed by atoms with Gasteiger partial charge in [-0.05, 0) is 44.4 Å². The van der Waals surface area contributed by atoms with Crippen molar-refractivity contribution in [2.75, 3.05) is 11.9 Å². The molecule has 0 amide bonds. The largest absolute Gasteiger partial charge is 0.384 e. The third-order valence-electron chi connectivity index (χ3n) is 3.72. The highest BCUT2D eigenvalue weighted by Crippen LogP contribution is 2.22. The Morgan fingerprint density at radius 1 is 1.19 bits per heavy atom. The molecule has 0 aliphatic heterocycles. The number of hydrogen-bond acceptors (Lipinski definition) is 3. The first-order valence-electron chi connectivity index (χ1n) is 7.33. The lowest BCUT2D eigenvalue weighted by molar-refractivity contribution is 0.858. The van der Waals surface area contributed by atoms with Crippen molar-refractivity contribution in [1.29, 1.82) is 0 Å². The Kier molecular flexibility index (Phi) is 3.86. The monoisotopic (exact) mass is 280 g/mol. The molecule has 0 fully saturated rings. The van der Waals surface area contributed by atoms with Gasteiger partial charge >= 0.3 is 0 Å². The van der Waals surface area contributed by atoms with Gasteiger partial charge in [0.05, 0.1) is 11.7 Å². The quantitative estimate of drug-likeness (QED) is 0.702. The van der Waals surface area contributed by atoms with Crippen molar-refractivity contribution in [3.05, 3.63) is 53.5 Å². The summed E-state index contributed by atoms with van der Waals surface area (Å²) in [5.41, 5.74) is 5.72. The van der Waals surface area contributed by atoms with Crippen LogP contribution in [0.15, 0.2) is 36.5 Å². The predicted molar refractivity (Wildman–Crippen MR) is 86.6 cm³/mol. The number of nitrogens with one attached hydrogen (secondary N) is 2. The van der Waals surface area contributed by atoms with Gasteiger partial charge in [0.2, 0.25) is 0 Å². The van der Waals surface area contributed by atoms with E-state index in [-0.39, 0.29) is 0 Å². The lowest BCUT2D eigenvalue weighted by Crippen LogP contribution is -2.04. The van der Waals surface area contributed by atoms with Crippen molar-refractivity contribution in [2.24, 2.45) is 0 Å². The number of nitrogens with zero attached hydrogens (tertiary/aromatic N) is 2. The number of hydrogen-bond donors (Lipinski definition) is 2. The van der Waals surface area contributed by atoms with Gasteiger partial charge in [0.1, 0.15) is 0 Å². The van der Waals surface area contributed by atoms with Crippen molar-refractivity contribution in [3.8, 4) is 0 Å². The summed E-state index contributed by atoms with van der Waals surface area (Å²) < 4.78 is 0. The zero-order valence-corrected chi connectivity index (χ0v) is 12.5. The van der Waals surface area contributed by atoms with E-state index in [2.05, 4.69) is 51.7 Å². The Morgan fingerprint density at radius 2 is 2.05 bits per heavy atom. The van der Waals surface area contributed by atoms with Crippen LogP contribution in [0, 0.1) is 13.8 Å². The second-order valence-electron chi connectivity index (χ2n) is 5.38. The van der Waals surface area contributed by atoms with Gasteiger partial charge in [0, 0.05) is 29.0 Å². The maximum atomic E-state index is 4.56. The number of benzene rings is 1. The highest BCUT2D eigenvalue weighted by Gasteiger charge is 2.04. The normalized spacial score (nSPS) is 11.0. The summed E-state index contributed by atoms with van der Waals surface area (Å²) in [6.45, 7) is 5.04. The number of para-hydroxylation sites is 1. The van der Waals surface area contributed by atoms with Crippen LogP contribution in [0.2, 0.25) is 0 Å². The molecule has 0 unspecified atom stereocenters. The minimum Gasteiger partial charge on any atom is -0.384 e. The van der Waals surface area contributed by atoms with Crippen LogP contribution in [0.1, 0.15) is 23.4 Å². The fourth-order valence-electron chi connectivity index (χ4n) is 2.58. The molecule has 3 aromatic rings. The molecule has 0 saturated heterocycles. The molecular weight excluding hydrogens is 260 g/mol. The summed E-state index contributed by atoms with van der Waals surface area (Å²) >= 11 is 0. The van der Waals surface area contributed by atoms with Gasteiger partial charge in [-0.2, -0.15) is 5.10 Å². The number of aryl methyl sites for hydroxylation is 3. The first-order valence-corrected chi connectivity index (χ1v) is 7.33. The van der Waals surface area contributed by atoms with Crippen LogP contribution in [0.25, 0.3) is 10.9 Å². The summed E-state index contributed by atoms with van der Waals surface area (Å²) in [6.07, 6.45) is 4.04. The van der Waals surface area contributed by atoms with E-state index in [0.29, 0.717) is 0 Å². The van der Waals surface area contributed by atoms with Crippen LogP contribution in [-0.4, -0.2) is 21.7 Å².